The van der Waals surface area contributed by atoms with Crippen LogP contribution >= 0.6 is 11.8 Å². The maximum absolute atomic E-state index is 12.9. The van der Waals surface area contributed by atoms with E-state index in [2.05, 4.69) is 33.4 Å². The number of carbonyl (C=O) groups is 2. The summed E-state index contributed by atoms with van der Waals surface area (Å²) in [6.45, 7) is 2.05. The van der Waals surface area contributed by atoms with Crippen LogP contribution in [0.1, 0.15) is 29.6 Å². The van der Waals surface area contributed by atoms with Crippen LogP contribution < -0.4 is 10.2 Å². The van der Waals surface area contributed by atoms with Gasteiger partial charge in [-0.3, -0.25) is 14.6 Å². The zero-order valence-electron chi connectivity index (χ0n) is 17.3. The highest BCUT2D eigenvalue weighted by atomic mass is 32.2. The average molecular weight is 436 g/mol. The highest BCUT2D eigenvalue weighted by molar-refractivity contribution is 7.99. The lowest BCUT2D eigenvalue weighted by molar-refractivity contribution is -0.129. The molecular weight excluding hydrogens is 410 g/mol. The third-order valence-electron chi connectivity index (χ3n) is 6.81. The molecule has 0 bridgehead atoms. The molecule has 3 heterocycles. The summed E-state index contributed by atoms with van der Waals surface area (Å²) in [5.41, 5.74) is 2.42. The molecule has 1 aromatic carbocycles. The van der Waals surface area contributed by atoms with Crippen molar-refractivity contribution < 1.29 is 9.59 Å². The fourth-order valence-corrected chi connectivity index (χ4v) is 6.23. The molecule has 3 aliphatic rings. The molecule has 160 valence electrons. The van der Waals surface area contributed by atoms with Gasteiger partial charge in [-0.15, -0.1) is 11.8 Å². The lowest BCUT2D eigenvalue weighted by Gasteiger charge is -2.21. The third-order valence-corrected chi connectivity index (χ3v) is 7.83. The van der Waals surface area contributed by atoms with Gasteiger partial charge in [0, 0.05) is 36.1 Å². The highest BCUT2D eigenvalue weighted by Gasteiger charge is 2.36. The first kappa shape index (κ1) is 20.1. The van der Waals surface area contributed by atoms with E-state index in [0.29, 0.717) is 17.2 Å². The Morgan fingerprint density at radius 1 is 1.23 bits per heavy atom. The van der Waals surface area contributed by atoms with Crippen molar-refractivity contribution in [3.63, 3.8) is 0 Å². The Kier molecular flexibility index (Phi) is 5.45. The Bertz CT molecular complexity index is 1060. The van der Waals surface area contributed by atoms with Crippen molar-refractivity contribution >= 4 is 40.2 Å². The van der Waals surface area contributed by atoms with Crippen LogP contribution in [0.5, 0.6) is 0 Å². The van der Waals surface area contributed by atoms with Crippen LogP contribution in [0.4, 0.5) is 5.69 Å². The SMILES string of the molecule is N#C[C@@H]1CSCN1C(=O)CNC(=O)c1ccnc2ccc(N3CC4CCCC4C3)cc12. The zero-order chi connectivity index (χ0) is 21.4. The molecule has 2 unspecified atom stereocenters. The number of thioether (sulfide) groups is 1. The topological polar surface area (TPSA) is 89.3 Å². The number of pyridine rings is 1. The number of nitriles is 1. The molecule has 7 nitrogen and oxygen atoms in total. The normalized spacial score (nSPS) is 24.9. The number of rotatable bonds is 4. The molecule has 1 N–H and O–H groups in total. The van der Waals surface area contributed by atoms with Crippen LogP contribution in [0.2, 0.25) is 0 Å². The van der Waals surface area contributed by atoms with Gasteiger partial charge in [-0.25, -0.2) is 0 Å². The molecule has 5 rings (SSSR count). The summed E-state index contributed by atoms with van der Waals surface area (Å²) in [7, 11) is 0. The first-order valence-corrected chi connectivity index (χ1v) is 12.0. The van der Waals surface area contributed by atoms with Crippen LogP contribution in [0.15, 0.2) is 30.5 Å². The Morgan fingerprint density at radius 2 is 2.03 bits per heavy atom. The largest absolute Gasteiger partial charge is 0.371 e. The lowest BCUT2D eigenvalue weighted by atomic mass is 10.0. The van der Waals surface area contributed by atoms with Crippen molar-refractivity contribution in [3.05, 3.63) is 36.0 Å². The number of hydrogen-bond donors (Lipinski definition) is 1. The van der Waals surface area contributed by atoms with E-state index in [1.54, 1.807) is 24.0 Å². The molecule has 0 radical (unpaired) electrons. The van der Waals surface area contributed by atoms with Gasteiger partial charge < -0.3 is 15.1 Å². The number of nitrogens with zero attached hydrogens (tertiary/aromatic N) is 4. The van der Waals surface area contributed by atoms with Gasteiger partial charge in [-0.2, -0.15) is 5.26 Å². The van der Waals surface area contributed by atoms with Crippen LogP contribution in [0.3, 0.4) is 0 Å². The molecule has 3 fully saturated rings. The first-order valence-electron chi connectivity index (χ1n) is 10.8. The Balaban J connectivity index is 1.32. The number of carbonyl (C=O) groups excluding carboxylic acids is 2. The molecule has 2 aliphatic heterocycles. The average Bonchev–Trinajstić information content (AvgIpc) is 3.52. The van der Waals surface area contributed by atoms with E-state index in [9.17, 15) is 14.9 Å². The minimum absolute atomic E-state index is 0.115. The van der Waals surface area contributed by atoms with Crippen molar-refractivity contribution in [3.8, 4) is 6.07 Å². The monoisotopic (exact) mass is 435 g/mol. The lowest BCUT2D eigenvalue weighted by Crippen LogP contribution is -2.42. The summed E-state index contributed by atoms with van der Waals surface area (Å²) < 4.78 is 0. The molecule has 2 aromatic rings. The fourth-order valence-electron chi connectivity index (χ4n) is 5.12. The van der Waals surface area contributed by atoms with Crippen molar-refractivity contribution in [2.75, 3.05) is 36.2 Å². The van der Waals surface area contributed by atoms with Crippen molar-refractivity contribution in [1.82, 2.24) is 15.2 Å². The second-order valence-electron chi connectivity index (χ2n) is 8.61. The van der Waals surface area contributed by atoms with E-state index in [0.717, 1.165) is 41.5 Å². The molecule has 3 atom stereocenters. The van der Waals surface area contributed by atoms with Crippen LogP contribution in [-0.2, 0) is 4.79 Å². The van der Waals surface area contributed by atoms with Gasteiger partial charge in [0.15, 0.2) is 0 Å². The number of aromatic nitrogens is 1. The summed E-state index contributed by atoms with van der Waals surface area (Å²) in [5.74, 6) is 2.17. The molecule has 1 aliphatic carbocycles. The maximum atomic E-state index is 12.9. The van der Waals surface area contributed by atoms with Crippen LogP contribution in [0.25, 0.3) is 10.9 Å². The number of nitrogens with one attached hydrogen (secondary N) is 1. The number of hydrogen-bond acceptors (Lipinski definition) is 6. The third kappa shape index (κ3) is 3.83. The predicted molar refractivity (Wildman–Crippen MR) is 121 cm³/mol. The summed E-state index contributed by atoms with van der Waals surface area (Å²) in [5, 5.41) is 12.7. The zero-order valence-corrected chi connectivity index (χ0v) is 18.1. The number of fused-ring (bicyclic) bond motifs is 2. The number of amides is 2. The van der Waals surface area contributed by atoms with Gasteiger partial charge in [-0.05, 0) is 48.9 Å². The molecule has 1 aromatic heterocycles. The van der Waals surface area contributed by atoms with Gasteiger partial charge in [0.25, 0.3) is 5.91 Å². The number of anilines is 1. The maximum Gasteiger partial charge on any atom is 0.252 e. The second-order valence-corrected chi connectivity index (χ2v) is 9.61. The summed E-state index contributed by atoms with van der Waals surface area (Å²) in [4.78, 5) is 33.8. The summed E-state index contributed by atoms with van der Waals surface area (Å²) >= 11 is 1.55. The predicted octanol–water partition coefficient (Wildman–Crippen LogP) is 2.63. The van der Waals surface area contributed by atoms with E-state index >= 15 is 0 Å². The van der Waals surface area contributed by atoms with Gasteiger partial charge >= 0.3 is 0 Å². The second kappa shape index (κ2) is 8.39. The highest BCUT2D eigenvalue weighted by Crippen LogP contribution is 2.40. The van der Waals surface area contributed by atoms with Gasteiger partial charge in [-0.1, -0.05) is 6.42 Å². The van der Waals surface area contributed by atoms with Gasteiger partial charge in [0.05, 0.1) is 29.6 Å². The van der Waals surface area contributed by atoms with E-state index in [1.165, 1.54) is 24.2 Å². The standard InChI is InChI=1S/C23H25N5O2S/c24-9-18-13-31-14-28(18)22(29)10-26-23(30)19-6-7-25-21-5-4-17(8-20(19)21)27-11-15-2-1-3-16(15)12-27/h4-8,15-16,18H,1-3,10-14H2,(H,26,30)/t15?,16?,18-/m1/s1. The number of benzene rings is 1. The smallest absolute Gasteiger partial charge is 0.252 e. The van der Waals surface area contributed by atoms with E-state index < -0.39 is 6.04 Å². The minimum Gasteiger partial charge on any atom is -0.371 e. The summed E-state index contributed by atoms with van der Waals surface area (Å²) in [6, 6.07) is 9.55. The van der Waals surface area contributed by atoms with Crippen molar-refractivity contribution in [1.29, 1.82) is 5.26 Å². The van der Waals surface area contributed by atoms with E-state index in [-0.39, 0.29) is 18.4 Å². The van der Waals surface area contributed by atoms with Crippen LogP contribution in [-0.4, -0.2) is 59.0 Å². The first-order chi connectivity index (χ1) is 15.1. The van der Waals surface area contributed by atoms with Crippen LogP contribution in [0, 0.1) is 23.2 Å². The van der Waals surface area contributed by atoms with E-state index in [1.807, 2.05) is 6.07 Å². The van der Waals surface area contributed by atoms with E-state index in [4.69, 9.17) is 0 Å². The molecule has 31 heavy (non-hydrogen) atoms. The Morgan fingerprint density at radius 3 is 2.81 bits per heavy atom. The molecule has 2 saturated heterocycles. The summed E-state index contributed by atoms with van der Waals surface area (Å²) in [6.07, 6.45) is 5.61. The Hall–Kier alpha value is -2.79. The van der Waals surface area contributed by atoms with Crippen molar-refractivity contribution in [2.24, 2.45) is 11.8 Å². The van der Waals surface area contributed by atoms with Gasteiger partial charge in [0.1, 0.15) is 6.04 Å². The van der Waals surface area contributed by atoms with Crippen molar-refractivity contribution in [2.45, 2.75) is 25.3 Å². The van der Waals surface area contributed by atoms with Gasteiger partial charge in [0.2, 0.25) is 5.91 Å². The minimum atomic E-state index is -0.418. The molecule has 1 saturated carbocycles. The molecule has 8 heteroatoms. The molecule has 2 amide bonds. The quantitative estimate of drug-likeness (QED) is 0.794. The molecule has 0 spiro atoms. The fraction of sp³-hybridized carbons (Fsp3) is 0.478. The Labute approximate surface area is 185 Å². The molecular formula is C23H25N5O2S.